The summed E-state index contributed by atoms with van der Waals surface area (Å²) < 4.78 is 5.43. The molecule has 0 saturated heterocycles. The van der Waals surface area contributed by atoms with E-state index in [0.29, 0.717) is 13.2 Å². The first-order chi connectivity index (χ1) is 9.31. The SMILES string of the molecule is N#CC(C(=O)NCCOCC1CC1)c1ccccc1. The lowest BCUT2D eigenvalue weighted by Gasteiger charge is -2.10. The number of rotatable bonds is 7. The Kier molecular flexibility index (Phi) is 4.93. The molecule has 0 aliphatic heterocycles. The standard InChI is InChI=1S/C15H18N2O2/c16-10-14(13-4-2-1-3-5-13)15(18)17-8-9-19-11-12-6-7-12/h1-5,12,14H,6-9,11H2,(H,17,18). The van der Waals surface area contributed by atoms with E-state index >= 15 is 0 Å². The molecule has 100 valence electrons. The smallest absolute Gasteiger partial charge is 0.241 e. The highest BCUT2D eigenvalue weighted by Crippen LogP contribution is 2.28. The molecule has 0 aromatic heterocycles. The van der Waals surface area contributed by atoms with Crippen molar-refractivity contribution in [2.75, 3.05) is 19.8 Å². The highest BCUT2D eigenvalue weighted by Gasteiger charge is 2.21. The predicted octanol–water partition coefficient (Wildman–Crippen LogP) is 1.84. The Hall–Kier alpha value is -1.86. The van der Waals surface area contributed by atoms with Crippen LogP contribution in [0.3, 0.4) is 0 Å². The lowest BCUT2D eigenvalue weighted by molar-refractivity contribution is -0.121. The minimum absolute atomic E-state index is 0.260. The number of nitrogens with one attached hydrogen (secondary N) is 1. The Labute approximate surface area is 113 Å². The van der Waals surface area contributed by atoms with E-state index in [9.17, 15) is 4.79 Å². The number of hydrogen-bond acceptors (Lipinski definition) is 3. The molecular formula is C15H18N2O2. The Bertz CT molecular complexity index is 449. The van der Waals surface area contributed by atoms with E-state index in [1.165, 1.54) is 12.8 Å². The van der Waals surface area contributed by atoms with Crippen molar-refractivity contribution in [3.8, 4) is 6.07 Å². The van der Waals surface area contributed by atoms with Gasteiger partial charge in [-0.05, 0) is 24.3 Å². The summed E-state index contributed by atoms with van der Waals surface area (Å²) in [4.78, 5) is 11.9. The van der Waals surface area contributed by atoms with Crippen molar-refractivity contribution >= 4 is 5.91 Å². The van der Waals surface area contributed by atoms with Gasteiger partial charge < -0.3 is 10.1 Å². The molecule has 1 amide bonds. The normalized spacial score (nSPS) is 15.5. The van der Waals surface area contributed by atoms with Gasteiger partial charge in [0, 0.05) is 13.2 Å². The summed E-state index contributed by atoms with van der Waals surface area (Å²) >= 11 is 0. The van der Waals surface area contributed by atoms with Gasteiger partial charge >= 0.3 is 0 Å². The van der Waals surface area contributed by atoms with Crippen LogP contribution in [0.5, 0.6) is 0 Å². The molecule has 0 spiro atoms. The monoisotopic (exact) mass is 258 g/mol. The van der Waals surface area contributed by atoms with Gasteiger partial charge in [-0.1, -0.05) is 30.3 Å². The van der Waals surface area contributed by atoms with Gasteiger partial charge in [-0.15, -0.1) is 0 Å². The molecule has 1 aromatic rings. The zero-order chi connectivity index (χ0) is 13.5. The first-order valence-electron chi connectivity index (χ1n) is 6.61. The van der Waals surface area contributed by atoms with Crippen LogP contribution in [0.4, 0.5) is 0 Å². The van der Waals surface area contributed by atoms with E-state index in [4.69, 9.17) is 10.00 Å². The van der Waals surface area contributed by atoms with E-state index < -0.39 is 5.92 Å². The summed E-state index contributed by atoms with van der Waals surface area (Å²) in [6.07, 6.45) is 2.52. The number of amides is 1. The van der Waals surface area contributed by atoms with Crippen LogP contribution < -0.4 is 5.32 Å². The molecule has 2 rings (SSSR count). The average molecular weight is 258 g/mol. The molecule has 1 atom stereocenters. The molecule has 1 saturated carbocycles. The largest absolute Gasteiger partial charge is 0.379 e. The van der Waals surface area contributed by atoms with Crippen molar-refractivity contribution in [3.05, 3.63) is 35.9 Å². The third-order valence-corrected chi connectivity index (χ3v) is 3.12. The molecule has 0 radical (unpaired) electrons. The summed E-state index contributed by atoms with van der Waals surface area (Å²) in [5, 5.41) is 11.8. The quantitative estimate of drug-likeness (QED) is 0.759. The molecule has 0 heterocycles. The summed E-state index contributed by atoms with van der Waals surface area (Å²) in [6.45, 7) is 1.75. The molecular weight excluding hydrogens is 240 g/mol. The third kappa shape index (κ3) is 4.38. The Morgan fingerprint density at radius 2 is 2.16 bits per heavy atom. The molecule has 1 fully saturated rings. The number of carbonyl (C=O) groups is 1. The van der Waals surface area contributed by atoms with Gasteiger partial charge in [0.2, 0.25) is 5.91 Å². The predicted molar refractivity (Wildman–Crippen MR) is 71.3 cm³/mol. The number of benzene rings is 1. The lowest BCUT2D eigenvalue weighted by Crippen LogP contribution is -2.31. The topological polar surface area (TPSA) is 62.1 Å². The first kappa shape index (κ1) is 13.6. The maximum Gasteiger partial charge on any atom is 0.241 e. The summed E-state index contributed by atoms with van der Waals surface area (Å²) in [5.41, 5.74) is 0.724. The highest BCUT2D eigenvalue weighted by atomic mass is 16.5. The third-order valence-electron chi connectivity index (χ3n) is 3.12. The van der Waals surface area contributed by atoms with Crippen molar-refractivity contribution in [1.82, 2.24) is 5.32 Å². The number of nitrogens with zero attached hydrogens (tertiary/aromatic N) is 1. The van der Waals surface area contributed by atoms with Crippen molar-refractivity contribution in [1.29, 1.82) is 5.26 Å². The molecule has 1 aliphatic rings. The van der Waals surface area contributed by atoms with Crippen LogP contribution in [-0.4, -0.2) is 25.7 Å². The van der Waals surface area contributed by atoms with Crippen LogP contribution >= 0.6 is 0 Å². The van der Waals surface area contributed by atoms with Crippen molar-refractivity contribution < 1.29 is 9.53 Å². The second-order valence-corrected chi connectivity index (χ2v) is 4.78. The Morgan fingerprint density at radius 3 is 2.79 bits per heavy atom. The van der Waals surface area contributed by atoms with Gasteiger partial charge in [-0.3, -0.25) is 4.79 Å². The Balaban J connectivity index is 1.72. The molecule has 4 nitrogen and oxygen atoms in total. The molecule has 0 bridgehead atoms. The maximum atomic E-state index is 11.9. The van der Waals surface area contributed by atoms with E-state index in [-0.39, 0.29) is 5.91 Å². The van der Waals surface area contributed by atoms with E-state index in [1.54, 1.807) is 12.1 Å². The van der Waals surface area contributed by atoms with Gasteiger partial charge in [0.25, 0.3) is 0 Å². The van der Waals surface area contributed by atoms with Crippen molar-refractivity contribution in [2.24, 2.45) is 5.92 Å². The zero-order valence-corrected chi connectivity index (χ0v) is 10.8. The lowest BCUT2D eigenvalue weighted by atomic mass is 10.00. The van der Waals surface area contributed by atoms with Crippen LogP contribution in [0, 0.1) is 17.2 Å². The van der Waals surface area contributed by atoms with E-state index in [2.05, 4.69) is 5.32 Å². The molecule has 1 aliphatic carbocycles. The van der Waals surface area contributed by atoms with Crippen LogP contribution in [-0.2, 0) is 9.53 Å². The van der Waals surface area contributed by atoms with E-state index in [0.717, 1.165) is 18.1 Å². The van der Waals surface area contributed by atoms with Crippen LogP contribution in [0.1, 0.15) is 24.3 Å². The fraction of sp³-hybridized carbons (Fsp3) is 0.467. The number of carbonyl (C=O) groups excluding carboxylic acids is 1. The van der Waals surface area contributed by atoms with Gasteiger partial charge in [-0.2, -0.15) is 5.26 Å². The molecule has 1 aromatic carbocycles. The van der Waals surface area contributed by atoms with Crippen molar-refractivity contribution in [3.63, 3.8) is 0 Å². The van der Waals surface area contributed by atoms with Gasteiger partial charge in [-0.25, -0.2) is 0 Å². The number of nitriles is 1. The van der Waals surface area contributed by atoms with Gasteiger partial charge in [0.1, 0.15) is 5.92 Å². The van der Waals surface area contributed by atoms with Gasteiger partial charge in [0.05, 0.1) is 12.7 Å². The second-order valence-electron chi connectivity index (χ2n) is 4.78. The zero-order valence-electron chi connectivity index (χ0n) is 10.8. The summed E-state index contributed by atoms with van der Waals surface area (Å²) in [5.74, 6) is -0.278. The fourth-order valence-electron chi connectivity index (χ4n) is 1.81. The van der Waals surface area contributed by atoms with Crippen molar-refractivity contribution in [2.45, 2.75) is 18.8 Å². The molecule has 1 unspecified atom stereocenters. The minimum Gasteiger partial charge on any atom is -0.379 e. The molecule has 4 heteroatoms. The number of ether oxygens (including phenoxy) is 1. The summed E-state index contributed by atoms with van der Waals surface area (Å²) in [7, 11) is 0. The number of hydrogen-bond donors (Lipinski definition) is 1. The first-order valence-corrected chi connectivity index (χ1v) is 6.61. The van der Waals surface area contributed by atoms with Crippen LogP contribution in [0.2, 0.25) is 0 Å². The fourth-order valence-corrected chi connectivity index (χ4v) is 1.81. The molecule has 19 heavy (non-hydrogen) atoms. The Morgan fingerprint density at radius 1 is 1.42 bits per heavy atom. The minimum atomic E-state index is -0.746. The van der Waals surface area contributed by atoms with Gasteiger partial charge in [0.15, 0.2) is 0 Å². The second kappa shape index (κ2) is 6.91. The molecule has 1 N–H and O–H groups in total. The van der Waals surface area contributed by atoms with Crippen LogP contribution in [0.15, 0.2) is 30.3 Å². The maximum absolute atomic E-state index is 11.9. The van der Waals surface area contributed by atoms with Crippen LogP contribution in [0.25, 0.3) is 0 Å². The average Bonchev–Trinajstić information content (AvgIpc) is 3.24. The highest BCUT2D eigenvalue weighted by molar-refractivity contribution is 5.86. The summed E-state index contributed by atoms with van der Waals surface area (Å²) in [6, 6.07) is 11.1. The van der Waals surface area contributed by atoms with E-state index in [1.807, 2.05) is 24.3 Å².